The first kappa shape index (κ1) is 44.5. The SMILES string of the molecule is CCCCC/C=C\C/C=C\C/C=C\CCCCCCCCC(=O)OC(COCCC(C(=O)O)[N+](C)(C)C)COC(=O)CCCCCC. The predicted octanol–water partition coefficient (Wildman–Crippen LogP) is 9.13. The van der Waals surface area contributed by atoms with Crippen molar-refractivity contribution in [3.05, 3.63) is 36.5 Å². The molecule has 8 heteroatoms. The van der Waals surface area contributed by atoms with Crippen LogP contribution in [0.15, 0.2) is 36.5 Å². The molecule has 0 fully saturated rings. The number of nitrogens with zero attached hydrogens (tertiary/aromatic N) is 1. The zero-order valence-electron chi connectivity index (χ0n) is 30.7. The Labute approximate surface area is 287 Å². The van der Waals surface area contributed by atoms with Gasteiger partial charge in [0.2, 0.25) is 0 Å². The Morgan fingerprint density at radius 1 is 0.638 bits per heavy atom. The van der Waals surface area contributed by atoms with Crippen molar-refractivity contribution in [1.82, 2.24) is 0 Å². The van der Waals surface area contributed by atoms with Gasteiger partial charge in [0.25, 0.3) is 0 Å². The molecule has 272 valence electrons. The lowest BCUT2D eigenvalue weighted by Gasteiger charge is -2.31. The topological polar surface area (TPSA) is 99.1 Å². The van der Waals surface area contributed by atoms with Gasteiger partial charge in [-0.1, -0.05) is 108 Å². The molecule has 0 amide bonds. The summed E-state index contributed by atoms with van der Waals surface area (Å²) in [6, 6.07) is -0.613. The van der Waals surface area contributed by atoms with E-state index >= 15 is 0 Å². The van der Waals surface area contributed by atoms with Crippen molar-refractivity contribution in [1.29, 1.82) is 0 Å². The fraction of sp³-hybridized carbons (Fsp3) is 0.769. The summed E-state index contributed by atoms with van der Waals surface area (Å²) in [5.41, 5.74) is 0. The number of unbranched alkanes of at least 4 members (excludes halogenated alkanes) is 12. The first-order valence-electron chi connectivity index (χ1n) is 18.5. The van der Waals surface area contributed by atoms with Crippen molar-refractivity contribution in [3.63, 3.8) is 0 Å². The van der Waals surface area contributed by atoms with Crippen LogP contribution in [0.2, 0.25) is 0 Å². The third-order valence-electron chi connectivity index (χ3n) is 8.04. The molecule has 1 N–H and O–H groups in total. The zero-order chi connectivity index (χ0) is 35.0. The summed E-state index contributed by atoms with van der Waals surface area (Å²) in [6.07, 6.45) is 32.3. The van der Waals surface area contributed by atoms with Gasteiger partial charge in [0.1, 0.15) is 6.61 Å². The van der Waals surface area contributed by atoms with E-state index in [0.717, 1.165) is 70.6 Å². The summed E-state index contributed by atoms with van der Waals surface area (Å²) in [6.45, 7) is 4.55. The van der Waals surface area contributed by atoms with E-state index < -0.39 is 18.1 Å². The summed E-state index contributed by atoms with van der Waals surface area (Å²) >= 11 is 0. The van der Waals surface area contributed by atoms with Crippen LogP contribution in [0.25, 0.3) is 0 Å². The van der Waals surface area contributed by atoms with E-state index in [1.54, 1.807) is 0 Å². The Hall–Kier alpha value is -2.45. The second-order valence-electron chi connectivity index (χ2n) is 13.5. The fourth-order valence-corrected chi connectivity index (χ4v) is 5.10. The van der Waals surface area contributed by atoms with Crippen molar-refractivity contribution >= 4 is 17.9 Å². The van der Waals surface area contributed by atoms with E-state index in [4.69, 9.17) is 14.2 Å². The summed E-state index contributed by atoms with van der Waals surface area (Å²) in [4.78, 5) is 36.4. The first-order chi connectivity index (χ1) is 22.6. The molecule has 0 aromatic heterocycles. The number of quaternary nitrogens is 1. The molecule has 0 saturated carbocycles. The molecule has 0 spiro atoms. The second-order valence-corrected chi connectivity index (χ2v) is 13.5. The molecule has 0 heterocycles. The average Bonchev–Trinajstić information content (AvgIpc) is 3.02. The number of hydrogen-bond acceptors (Lipinski definition) is 6. The van der Waals surface area contributed by atoms with E-state index in [0.29, 0.717) is 19.3 Å². The number of likely N-dealkylation sites (N-methyl/N-ethyl adjacent to an activating group) is 1. The number of carboxylic acids is 1. The van der Waals surface area contributed by atoms with Crippen LogP contribution in [0.4, 0.5) is 0 Å². The Bertz CT molecular complexity index is 875. The smallest absolute Gasteiger partial charge is 0.362 e. The molecule has 0 aromatic rings. The van der Waals surface area contributed by atoms with Crippen LogP contribution in [-0.4, -0.2) is 80.6 Å². The Kier molecular flexibility index (Phi) is 29.2. The van der Waals surface area contributed by atoms with Crippen LogP contribution < -0.4 is 0 Å². The summed E-state index contributed by atoms with van der Waals surface area (Å²) in [5.74, 6) is -1.51. The lowest BCUT2D eigenvalue weighted by Crippen LogP contribution is -2.50. The largest absolute Gasteiger partial charge is 0.477 e. The molecule has 0 bridgehead atoms. The quantitative estimate of drug-likeness (QED) is 0.0331. The highest BCUT2D eigenvalue weighted by atomic mass is 16.6. The first-order valence-corrected chi connectivity index (χ1v) is 18.5. The van der Waals surface area contributed by atoms with Crippen LogP contribution in [0.5, 0.6) is 0 Å². The van der Waals surface area contributed by atoms with Gasteiger partial charge < -0.3 is 23.8 Å². The van der Waals surface area contributed by atoms with Gasteiger partial charge in [-0.25, -0.2) is 4.79 Å². The number of allylic oxidation sites excluding steroid dienone is 6. The molecule has 8 nitrogen and oxygen atoms in total. The van der Waals surface area contributed by atoms with Crippen LogP contribution in [-0.2, 0) is 28.6 Å². The number of rotatable bonds is 32. The minimum Gasteiger partial charge on any atom is -0.477 e. The highest BCUT2D eigenvalue weighted by molar-refractivity contribution is 5.72. The summed E-state index contributed by atoms with van der Waals surface area (Å²) < 4.78 is 17.0. The lowest BCUT2D eigenvalue weighted by molar-refractivity contribution is -0.887. The van der Waals surface area contributed by atoms with Gasteiger partial charge in [-0.2, -0.15) is 0 Å². The fourth-order valence-electron chi connectivity index (χ4n) is 5.10. The van der Waals surface area contributed by atoms with Crippen molar-refractivity contribution in [3.8, 4) is 0 Å². The van der Waals surface area contributed by atoms with Crippen molar-refractivity contribution in [2.45, 2.75) is 154 Å². The highest BCUT2D eigenvalue weighted by Gasteiger charge is 2.31. The molecule has 0 aliphatic rings. The van der Waals surface area contributed by atoms with Crippen LogP contribution in [0.3, 0.4) is 0 Å². The molecular weight excluding hydrogens is 594 g/mol. The minimum atomic E-state index is -0.881. The maximum absolute atomic E-state index is 12.6. The second kappa shape index (κ2) is 30.9. The number of ether oxygens (including phenoxy) is 3. The number of carboxylic acid groups (broad SMARTS) is 1. The minimum absolute atomic E-state index is 0.0552. The number of aliphatic carboxylic acids is 1. The van der Waals surface area contributed by atoms with Crippen LogP contribution >= 0.6 is 0 Å². The molecule has 0 radical (unpaired) electrons. The number of carbonyl (C=O) groups excluding carboxylic acids is 2. The highest BCUT2D eigenvalue weighted by Crippen LogP contribution is 2.12. The van der Waals surface area contributed by atoms with Crippen LogP contribution in [0, 0.1) is 0 Å². The maximum atomic E-state index is 12.6. The molecule has 0 aliphatic carbocycles. The molecule has 0 saturated heterocycles. The van der Waals surface area contributed by atoms with Crippen molar-refractivity contribution in [2.75, 3.05) is 41.0 Å². The van der Waals surface area contributed by atoms with Crippen molar-refractivity contribution in [2.24, 2.45) is 0 Å². The molecule has 47 heavy (non-hydrogen) atoms. The molecule has 0 aromatic carbocycles. The Morgan fingerprint density at radius 2 is 1.13 bits per heavy atom. The van der Waals surface area contributed by atoms with Gasteiger partial charge in [-0.3, -0.25) is 9.59 Å². The van der Waals surface area contributed by atoms with E-state index in [2.05, 4.69) is 50.3 Å². The van der Waals surface area contributed by atoms with Crippen molar-refractivity contribution < 1.29 is 38.2 Å². The normalized spacial score (nSPS) is 13.5. The summed E-state index contributed by atoms with van der Waals surface area (Å²) in [7, 11) is 5.49. The maximum Gasteiger partial charge on any atom is 0.362 e. The zero-order valence-corrected chi connectivity index (χ0v) is 30.7. The van der Waals surface area contributed by atoms with E-state index in [1.807, 2.05) is 21.1 Å². The Morgan fingerprint density at radius 3 is 1.70 bits per heavy atom. The number of hydrogen-bond donors (Lipinski definition) is 1. The summed E-state index contributed by atoms with van der Waals surface area (Å²) in [5, 5.41) is 9.53. The van der Waals surface area contributed by atoms with Crippen LogP contribution in [0.1, 0.15) is 142 Å². The standard InChI is InChI=1S/C39H69NO7/c1-6-8-10-12-13-14-15-16-17-18-19-20-21-22-23-24-25-26-28-30-38(42)47-35(34-46-37(41)29-27-11-9-7-2)33-45-32-31-36(39(43)44)40(3,4)5/h13-14,16-17,19-20,35-36H,6-12,15,18,21-34H2,1-5H3/p+1/b14-13-,17-16-,20-19-. The molecule has 0 rings (SSSR count). The average molecular weight is 665 g/mol. The Balaban J connectivity index is 4.26. The molecule has 2 atom stereocenters. The number of esters is 2. The van der Waals surface area contributed by atoms with E-state index in [1.165, 1.54) is 38.5 Å². The third-order valence-corrected chi connectivity index (χ3v) is 8.04. The number of carbonyl (C=O) groups is 3. The van der Waals surface area contributed by atoms with Gasteiger partial charge in [-0.05, 0) is 51.4 Å². The van der Waals surface area contributed by atoms with Gasteiger partial charge >= 0.3 is 17.9 Å². The third kappa shape index (κ3) is 29.4. The lowest BCUT2D eigenvalue weighted by atomic mass is 10.1. The van der Waals surface area contributed by atoms with E-state index in [-0.39, 0.29) is 36.2 Å². The van der Waals surface area contributed by atoms with Gasteiger partial charge in [0, 0.05) is 19.3 Å². The molecular formula is C39H70NO7+. The van der Waals surface area contributed by atoms with E-state index in [9.17, 15) is 19.5 Å². The van der Waals surface area contributed by atoms with Gasteiger partial charge in [0.15, 0.2) is 12.1 Å². The predicted molar refractivity (Wildman–Crippen MR) is 192 cm³/mol. The molecule has 2 unspecified atom stereocenters. The molecule has 0 aliphatic heterocycles. The van der Waals surface area contributed by atoms with Gasteiger partial charge in [0.05, 0.1) is 34.4 Å². The van der Waals surface area contributed by atoms with Gasteiger partial charge in [-0.15, -0.1) is 0 Å². The monoisotopic (exact) mass is 665 g/mol.